The number of fused-ring (bicyclic) bond motifs is 1. The van der Waals surface area contributed by atoms with Crippen molar-refractivity contribution in [1.29, 1.82) is 0 Å². The fourth-order valence-electron chi connectivity index (χ4n) is 2.41. The van der Waals surface area contributed by atoms with Crippen LogP contribution in [0.5, 0.6) is 0 Å². The van der Waals surface area contributed by atoms with Crippen molar-refractivity contribution in [3.63, 3.8) is 0 Å². The van der Waals surface area contributed by atoms with Crippen molar-refractivity contribution >= 4 is 33.8 Å². The van der Waals surface area contributed by atoms with Gasteiger partial charge >= 0.3 is 0 Å². The van der Waals surface area contributed by atoms with Crippen LogP contribution in [0.3, 0.4) is 0 Å². The topological polar surface area (TPSA) is 35.2 Å². The van der Waals surface area contributed by atoms with Gasteiger partial charge in [0.05, 0.1) is 6.10 Å². The third kappa shape index (κ3) is 1.93. The molecule has 3 rings (SSSR count). The van der Waals surface area contributed by atoms with Crippen LogP contribution in [-0.2, 0) is 10.2 Å². The molecule has 1 aromatic heterocycles. The predicted octanol–water partition coefficient (Wildman–Crippen LogP) is 3.08. The van der Waals surface area contributed by atoms with Gasteiger partial charge in [0.2, 0.25) is 0 Å². The van der Waals surface area contributed by atoms with E-state index in [4.69, 9.17) is 10.5 Å². The second kappa shape index (κ2) is 4.78. The fraction of sp³-hybridized carbons (Fsp3) is 0.385. The van der Waals surface area contributed by atoms with Crippen molar-refractivity contribution in [2.75, 3.05) is 13.7 Å². The Kier molecular flexibility index (Phi) is 3.65. The molecular formula is C13H15ClFNOS. The number of halogens is 2. The minimum Gasteiger partial charge on any atom is -0.380 e. The molecule has 0 saturated heterocycles. The summed E-state index contributed by atoms with van der Waals surface area (Å²) < 4.78 is 19.5. The second-order valence-corrected chi connectivity index (χ2v) is 5.67. The van der Waals surface area contributed by atoms with E-state index in [9.17, 15) is 4.39 Å². The predicted molar refractivity (Wildman–Crippen MR) is 75.2 cm³/mol. The van der Waals surface area contributed by atoms with E-state index in [1.807, 2.05) is 6.07 Å². The summed E-state index contributed by atoms with van der Waals surface area (Å²) in [7, 11) is 1.72. The standard InChI is InChI=1S/C13H14FNOS.ClH/c1-16-11-6-13(11,7-15)12-4-8-2-3-9(14)5-10(8)17-12;/h2-5,11H,6-7,15H2,1H3;1H/t11-,13-;/m0./s1. The molecule has 1 aliphatic rings. The molecule has 0 radical (unpaired) electrons. The van der Waals surface area contributed by atoms with Gasteiger partial charge in [-0.2, -0.15) is 0 Å². The highest BCUT2D eigenvalue weighted by Gasteiger charge is 2.56. The molecule has 0 unspecified atom stereocenters. The number of hydrogen-bond acceptors (Lipinski definition) is 3. The van der Waals surface area contributed by atoms with Crippen LogP contribution in [0.1, 0.15) is 11.3 Å². The molecule has 0 spiro atoms. The molecule has 2 nitrogen and oxygen atoms in total. The first-order valence-electron chi connectivity index (χ1n) is 5.62. The van der Waals surface area contributed by atoms with E-state index >= 15 is 0 Å². The van der Waals surface area contributed by atoms with Crippen molar-refractivity contribution < 1.29 is 9.13 Å². The van der Waals surface area contributed by atoms with Crippen LogP contribution in [0, 0.1) is 5.82 Å². The van der Waals surface area contributed by atoms with E-state index < -0.39 is 0 Å². The van der Waals surface area contributed by atoms with E-state index in [1.54, 1.807) is 24.5 Å². The lowest BCUT2D eigenvalue weighted by Gasteiger charge is -2.11. The van der Waals surface area contributed by atoms with Crippen LogP contribution in [-0.4, -0.2) is 19.8 Å². The van der Waals surface area contributed by atoms with Gasteiger partial charge in [-0.3, -0.25) is 0 Å². The molecular weight excluding hydrogens is 273 g/mol. The Bertz CT molecular complexity index is 573. The Morgan fingerprint density at radius 2 is 2.28 bits per heavy atom. The van der Waals surface area contributed by atoms with Gasteiger partial charge in [0.25, 0.3) is 0 Å². The lowest BCUT2D eigenvalue weighted by Crippen LogP contribution is -2.23. The molecule has 0 amide bonds. The lowest BCUT2D eigenvalue weighted by atomic mass is 10.0. The highest BCUT2D eigenvalue weighted by atomic mass is 35.5. The largest absolute Gasteiger partial charge is 0.380 e. The zero-order chi connectivity index (χ0) is 12.0. The second-order valence-electron chi connectivity index (χ2n) is 4.58. The molecule has 18 heavy (non-hydrogen) atoms. The van der Waals surface area contributed by atoms with E-state index in [2.05, 4.69) is 6.07 Å². The summed E-state index contributed by atoms with van der Waals surface area (Å²) in [6.07, 6.45) is 1.18. The Balaban J connectivity index is 0.00000120. The minimum atomic E-state index is -0.188. The minimum absolute atomic E-state index is 0. The van der Waals surface area contributed by atoms with Crippen LogP contribution in [0.25, 0.3) is 10.1 Å². The van der Waals surface area contributed by atoms with Crippen LogP contribution >= 0.6 is 23.7 Å². The van der Waals surface area contributed by atoms with Crippen molar-refractivity contribution in [2.45, 2.75) is 17.9 Å². The van der Waals surface area contributed by atoms with E-state index in [0.29, 0.717) is 6.54 Å². The quantitative estimate of drug-likeness (QED) is 0.941. The first-order valence-corrected chi connectivity index (χ1v) is 6.44. The summed E-state index contributed by atoms with van der Waals surface area (Å²) in [6.45, 7) is 0.584. The highest BCUT2D eigenvalue weighted by Crippen LogP contribution is 2.52. The third-order valence-corrected chi connectivity index (χ3v) is 4.95. The van der Waals surface area contributed by atoms with E-state index in [-0.39, 0.29) is 29.7 Å². The van der Waals surface area contributed by atoms with Crippen molar-refractivity contribution in [1.82, 2.24) is 0 Å². The van der Waals surface area contributed by atoms with E-state index in [1.165, 1.54) is 10.9 Å². The number of benzene rings is 1. The summed E-state index contributed by atoms with van der Waals surface area (Å²) in [4.78, 5) is 1.22. The normalized spacial score (nSPS) is 26.1. The lowest BCUT2D eigenvalue weighted by molar-refractivity contribution is 0.163. The van der Waals surface area contributed by atoms with Gasteiger partial charge in [-0.05, 0) is 30.0 Å². The summed E-state index contributed by atoms with van der Waals surface area (Å²) in [5.74, 6) is -0.188. The Morgan fingerprint density at radius 3 is 2.89 bits per heavy atom. The molecule has 2 N–H and O–H groups in total. The number of hydrogen-bond donors (Lipinski definition) is 1. The van der Waals surface area contributed by atoms with Crippen LogP contribution in [0.2, 0.25) is 0 Å². The monoisotopic (exact) mass is 287 g/mol. The first-order chi connectivity index (χ1) is 8.19. The number of ether oxygens (including phenoxy) is 1. The molecule has 1 heterocycles. The molecule has 98 valence electrons. The van der Waals surface area contributed by atoms with Gasteiger partial charge in [0, 0.05) is 28.6 Å². The summed E-state index contributed by atoms with van der Waals surface area (Å²) in [5.41, 5.74) is 5.84. The van der Waals surface area contributed by atoms with Gasteiger partial charge in [-0.1, -0.05) is 6.07 Å². The maximum Gasteiger partial charge on any atom is 0.124 e. The van der Waals surface area contributed by atoms with Crippen LogP contribution in [0.4, 0.5) is 4.39 Å². The molecule has 1 saturated carbocycles. The summed E-state index contributed by atoms with van der Waals surface area (Å²) in [5, 5.41) is 1.08. The number of nitrogens with two attached hydrogens (primary N) is 1. The summed E-state index contributed by atoms with van der Waals surface area (Å²) in [6, 6.07) is 7.01. The average molecular weight is 288 g/mol. The Morgan fingerprint density at radius 1 is 1.50 bits per heavy atom. The van der Waals surface area contributed by atoms with Crippen LogP contribution in [0.15, 0.2) is 24.3 Å². The molecule has 1 aliphatic carbocycles. The zero-order valence-corrected chi connectivity index (χ0v) is 11.6. The Hall–Kier alpha value is -0.680. The first kappa shape index (κ1) is 13.7. The van der Waals surface area contributed by atoms with E-state index in [0.717, 1.165) is 16.5 Å². The molecule has 1 aromatic carbocycles. The van der Waals surface area contributed by atoms with Gasteiger partial charge < -0.3 is 10.5 Å². The van der Waals surface area contributed by atoms with Crippen molar-refractivity contribution in [2.24, 2.45) is 5.73 Å². The van der Waals surface area contributed by atoms with Gasteiger partial charge in [-0.15, -0.1) is 23.7 Å². The molecule has 0 bridgehead atoms. The summed E-state index contributed by atoms with van der Waals surface area (Å²) >= 11 is 1.62. The van der Waals surface area contributed by atoms with Crippen molar-refractivity contribution in [3.8, 4) is 0 Å². The fourth-order valence-corrected chi connectivity index (χ4v) is 3.75. The molecule has 2 aromatic rings. The number of thiophene rings is 1. The van der Waals surface area contributed by atoms with Gasteiger partial charge in [-0.25, -0.2) is 4.39 Å². The third-order valence-electron chi connectivity index (χ3n) is 3.63. The highest BCUT2D eigenvalue weighted by molar-refractivity contribution is 7.19. The average Bonchev–Trinajstić information content (AvgIpc) is 2.93. The SMILES string of the molecule is CO[C@H]1C[C@@]1(CN)c1cc2ccc(F)cc2s1.Cl. The van der Waals surface area contributed by atoms with Crippen LogP contribution < -0.4 is 5.73 Å². The van der Waals surface area contributed by atoms with Gasteiger partial charge in [0.1, 0.15) is 5.82 Å². The smallest absolute Gasteiger partial charge is 0.124 e. The molecule has 5 heteroatoms. The Labute approximate surface area is 115 Å². The maximum absolute atomic E-state index is 13.1. The van der Waals surface area contributed by atoms with Gasteiger partial charge in [0.15, 0.2) is 0 Å². The number of methoxy groups -OCH3 is 1. The molecule has 2 atom stereocenters. The number of rotatable bonds is 3. The maximum atomic E-state index is 13.1. The molecule has 0 aliphatic heterocycles. The van der Waals surface area contributed by atoms with Crippen molar-refractivity contribution in [3.05, 3.63) is 35.0 Å². The molecule has 1 fully saturated rings. The zero-order valence-electron chi connectivity index (χ0n) is 9.98.